The number of nitrogens with zero attached hydrogens (tertiary/aromatic N) is 3. The van der Waals surface area contributed by atoms with Gasteiger partial charge in [0.25, 0.3) is 5.91 Å². The summed E-state index contributed by atoms with van der Waals surface area (Å²) >= 11 is 0. The van der Waals surface area contributed by atoms with Crippen LogP contribution in [-0.4, -0.2) is 43.7 Å². The van der Waals surface area contributed by atoms with Crippen molar-refractivity contribution < 1.29 is 9.90 Å². The minimum absolute atomic E-state index is 0.135. The summed E-state index contributed by atoms with van der Waals surface area (Å²) in [5.41, 5.74) is 1.18. The smallest absolute Gasteiger partial charge is 0.254 e. The third-order valence-corrected chi connectivity index (χ3v) is 5.37. The number of aryl methyl sites for hydroxylation is 2. The maximum absolute atomic E-state index is 13.2. The summed E-state index contributed by atoms with van der Waals surface area (Å²) in [5, 5.41) is 9.95. The lowest BCUT2D eigenvalue weighted by Crippen LogP contribution is -2.44. The minimum atomic E-state index is -0.689. The highest BCUT2D eigenvalue weighted by Crippen LogP contribution is 2.23. The topological polar surface area (TPSA) is 58.4 Å². The van der Waals surface area contributed by atoms with E-state index < -0.39 is 5.60 Å². The molecule has 0 radical (unpaired) electrons. The highest BCUT2D eigenvalue weighted by Gasteiger charge is 2.27. The van der Waals surface area contributed by atoms with E-state index >= 15 is 0 Å². The second kappa shape index (κ2) is 8.70. The average molecular weight is 370 g/mol. The molecule has 1 N–H and O–H groups in total. The number of aromatic nitrogens is 2. The Balaban J connectivity index is 1.66. The number of carbonyl (C=O) groups excluding carboxylic acids is 1. The highest BCUT2D eigenvalue weighted by molar-refractivity contribution is 5.94. The van der Waals surface area contributed by atoms with E-state index in [-0.39, 0.29) is 11.9 Å². The maximum Gasteiger partial charge on any atom is 0.254 e. The van der Waals surface area contributed by atoms with Crippen LogP contribution in [0.5, 0.6) is 0 Å². The Morgan fingerprint density at radius 1 is 1.33 bits per heavy atom. The Morgan fingerprint density at radius 2 is 2.19 bits per heavy atom. The van der Waals surface area contributed by atoms with E-state index in [0.29, 0.717) is 6.42 Å². The van der Waals surface area contributed by atoms with Crippen LogP contribution in [0.3, 0.4) is 0 Å². The summed E-state index contributed by atoms with van der Waals surface area (Å²) in [4.78, 5) is 19.3. The molecule has 0 bridgehead atoms. The Morgan fingerprint density at radius 3 is 2.93 bits per heavy atom. The number of aliphatic hydroxyl groups is 1. The molecule has 1 fully saturated rings. The Labute approximate surface area is 162 Å². The zero-order chi connectivity index (χ0) is 19.3. The number of hydrogen-bond donors (Lipinski definition) is 1. The van der Waals surface area contributed by atoms with Gasteiger partial charge < -0.3 is 14.6 Å². The Hall–Kier alpha value is -2.14. The fourth-order valence-corrected chi connectivity index (χ4v) is 3.76. The number of benzene rings is 1. The van der Waals surface area contributed by atoms with Gasteiger partial charge in [-0.2, -0.15) is 0 Å². The van der Waals surface area contributed by atoms with Crippen LogP contribution in [0.25, 0.3) is 0 Å². The number of imidazole rings is 1. The van der Waals surface area contributed by atoms with Crippen LogP contribution in [-0.2, 0) is 13.0 Å². The van der Waals surface area contributed by atoms with Crippen molar-refractivity contribution >= 4 is 5.91 Å². The third-order valence-electron chi connectivity index (χ3n) is 5.37. The summed E-state index contributed by atoms with van der Waals surface area (Å²) in [6.07, 6.45) is 11.3. The quantitative estimate of drug-likeness (QED) is 0.810. The SMILES string of the molecule is CC(C)(O)CCc1cccc(C(=O)N2CCCC[C@@H]2CCn2ccnc2)c1. The van der Waals surface area contributed by atoms with Gasteiger partial charge in [0.1, 0.15) is 0 Å². The number of rotatable bonds is 7. The van der Waals surface area contributed by atoms with Crippen molar-refractivity contribution in [2.24, 2.45) is 0 Å². The summed E-state index contributed by atoms with van der Waals surface area (Å²) < 4.78 is 2.08. The molecule has 1 aliphatic heterocycles. The van der Waals surface area contributed by atoms with E-state index in [1.165, 1.54) is 6.42 Å². The van der Waals surface area contributed by atoms with Crippen molar-refractivity contribution in [3.63, 3.8) is 0 Å². The fraction of sp³-hybridized carbons (Fsp3) is 0.545. The van der Waals surface area contributed by atoms with Crippen LogP contribution in [0.4, 0.5) is 0 Å². The molecule has 1 atom stereocenters. The van der Waals surface area contributed by atoms with Crippen LogP contribution in [0.15, 0.2) is 43.0 Å². The van der Waals surface area contributed by atoms with Gasteiger partial charge in [-0.1, -0.05) is 12.1 Å². The van der Waals surface area contributed by atoms with Gasteiger partial charge in [0.05, 0.1) is 11.9 Å². The molecule has 146 valence electrons. The van der Waals surface area contributed by atoms with E-state index in [9.17, 15) is 9.90 Å². The van der Waals surface area contributed by atoms with Crippen molar-refractivity contribution in [1.82, 2.24) is 14.5 Å². The Bertz CT molecular complexity index is 734. The van der Waals surface area contributed by atoms with Crippen molar-refractivity contribution in [3.8, 4) is 0 Å². The Kier molecular flexibility index (Phi) is 6.32. The van der Waals surface area contributed by atoms with Crippen molar-refractivity contribution in [2.45, 2.75) is 70.6 Å². The van der Waals surface area contributed by atoms with Gasteiger partial charge in [0, 0.05) is 37.1 Å². The summed E-state index contributed by atoms with van der Waals surface area (Å²) in [5.74, 6) is 0.135. The molecule has 0 aliphatic carbocycles. The molecule has 3 rings (SSSR count). The van der Waals surface area contributed by atoms with Crippen LogP contribution in [0.2, 0.25) is 0 Å². The molecule has 2 aromatic rings. The first-order chi connectivity index (χ1) is 12.9. The van der Waals surface area contributed by atoms with Gasteiger partial charge in [-0.15, -0.1) is 0 Å². The summed E-state index contributed by atoms with van der Waals surface area (Å²) in [7, 11) is 0. The molecule has 1 aliphatic rings. The number of hydrogen-bond acceptors (Lipinski definition) is 3. The highest BCUT2D eigenvalue weighted by atomic mass is 16.3. The van der Waals surface area contributed by atoms with Crippen molar-refractivity contribution in [2.75, 3.05) is 6.54 Å². The molecule has 0 saturated carbocycles. The van der Waals surface area contributed by atoms with Crippen LogP contribution in [0, 0.1) is 0 Å². The zero-order valence-electron chi connectivity index (χ0n) is 16.5. The van der Waals surface area contributed by atoms with Crippen LogP contribution < -0.4 is 0 Å². The molecule has 5 heteroatoms. The fourth-order valence-electron chi connectivity index (χ4n) is 3.76. The summed E-state index contributed by atoms with van der Waals surface area (Å²) in [6, 6.07) is 8.19. The van der Waals surface area contributed by atoms with Gasteiger partial charge in [0.15, 0.2) is 0 Å². The van der Waals surface area contributed by atoms with E-state index in [2.05, 4.69) is 14.5 Å². The number of amides is 1. The molecule has 1 aromatic heterocycles. The van der Waals surface area contributed by atoms with E-state index in [1.807, 2.05) is 50.6 Å². The number of carbonyl (C=O) groups is 1. The molecule has 1 aromatic carbocycles. The lowest BCUT2D eigenvalue weighted by molar-refractivity contribution is 0.0595. The predicted octanol–water partition coefficient (Wildman–Crippen LogP) is 3.67. The van der Waals surface area contributed by atoms with Gasteiger partial charge in [0.2, 0.25) is 0 Å². The third kappa shape index (κ3) is 5.67. The molecule has 2 heterocycles. The lowest BCUT2D eigenvalue weighted by Gasteiger charge is -2.36. The molecule has 1 amide bonds. The van der Waals surface area contributed by atoms with Gasteiger partial charge in [-0.3, -0.25) is 4.79 Å². The monoisotopic (exact) mass is 369 g/mol. The van der Waals surface area contributed by atoms with Crippen molar-refractivity contribution in [3.05, 3.63) is 54.1 Å². The molecule has 1 saturated heterocycles. The average Bonchev–Trinajstić information content (AvgIpc) is 3.18. The van der Waals surface area contributed by atoms with Crippen LogP contribution >= 0.6 is 0 Å². The minimum Gasteiger partial charge on any atom is -0.390 e. The second-order valence-electron chi connectivity index (χ2n) is 8.25. The zero-order valence-corrected chi connectivity index (χ0v) is 16.5. The predicted molar refractivity (Wildman–Crippen MR) is 107 cm³/mol. The second-order valence-corrected chi connectivity index (χ2v) is 8.25. The number of piperidine rings is 1. The first kappa shape index (κ1) is 19.6. The van der Waals surface area contributed by atoms with Gasteiger partial charge >= 0.3 is 0 Å². The first-order valence-electron chi connectivity index (χ1n) is 10.0. The molecular formula is C22H31N3O2. The molecular weight excluding hydrogens is 338 g/mol. The molecule has 0 unspecified atom stereocenters. The van der Waals surface area contributed by atoms with E-state index in [1.54, 1.807) is 6.20 Å². The maximum atomic E-state index is 13.2. The lowest BCUT2D eigenvalue weighted by atomic mass is 9.96. The normalized spacial score (nSPS) is 17.9. The largest absolute Gasteiger partial charge is 0.390 e. The molecule has 0 spiro atoms. The molecule has 5 nitrogen and oxygen atoms in total. The number of likely N-dealkylation sites (tertiary alicyclic amines) is 1. The van der Waals surface area contributed by atoms with Crippen molar-refractivity contribution in [1.29, 1.82) is 0 Å². The van der Waals surface area contributed by atoms with E-state index in [4.69, 9.17) is 0 Å². The summed E-state index contributed by atoms with van der Waals surface area (Å²) in [6.45, 7) is 5.36. The van der Waals surface area contributed by atoms with E-state index in [0.717, 1.165) is 49.9 Å². The first-order valence-corrected chi connectivity index (χ1v) is 10.0. The standard InChI is InChI=1S/C22H31N3O2/c1-22(2,27)11-9-18-6-5-7-19(16-18)21(26)25-13-4-3-8-20(25)10-14-24-15-12-23-17-24/h5-7,12,15-17,20,27H,3-4,8-11,13-14H2,1-2H3/t20-/m1/s1. The van der Waals surface area contributed by atoms with Gasteiger partial charge in [-0.05, 0) is 70.1 Å². The van der Waals surface area contributed by atoms with Gasteiger partial charge in [-0.25, -0.2) is 4.98 Å². The van der Waals surface area contributed by atoms with Crippen LogP contribution in [0.1, 0.15) is 61.9 Å². The molecule has 27 heavy (non-hydrogen) atoms.